The van der Waals surface area contributed by atoms with E-state index in [1.54, 1.807) is 0 Å². The van der Waals surface area contributed by atoms with Gasteiger partial charge in [0.2, 0.25) is 0 Å². The number of fused-ring (bicyclic) bond motifs is 1. The van der Waals surface area contributed by atoms with E-state index in [9.17, 15) is 0 Å². The van der Waals surface area contributed by atoms with Crippen molar-refractivity contribution in [1.29, 1.82) is 0 Å². The Labute approximate surface area is 73.9 Å². The van der Waals surface area contributed by atoms with Crippen molar-refractivity contribution in [2.24, 2.45) is 0 Å². The zero-order valence-electron chi connectivity index (χ0n) is 7.73. The molecule has 1 aromatic carbocycles. The number of rotatable bonds is 0. The molecular formula is C12H12. The van der Waals surface area contributed by atoms with Crippen LogP contribution >= 0.6 is 0 Å². The van der Waals surface area contributed by atoms with Crippen molar-refractivity contribution < 1.29 is 0 Å². The number of aryl methyl sites for hydroxylation is 2. The lowest BCUT2D eigenvalue weighted by Crippen LogP contribution is -1.88. The summed E-state index contributed by atoms with van der Waals surface area (Å²) in [5, 5.41) is 0. The molecule has 12 heavy (non-hydrogen) atoms. The third kappa shape index (κ3) is 0.989. The largest absolute Gasteiger partial charge is 0.0596 e. The Bertz CT molecular complexity index is 357. The third-order valence-corrected chi connectivity index (χ3v) is 2.35. The Morgan fingerprint density at radius 1 is 1.00 bits per heavy atom. The molecule has 0 amide bonds. The second-order valence-electron chi connectivity index (χ2n) is 3.44. The standard InChI is InChI=1S/C12H12/c1-8-6-11-9(2)4-5-10(3)12(11)7-8/h4-6H,1-3H3. The molecule has 0 aromatic heterocycles. The van der Waals surface area contributed by atoms with Crippen LogP contribution in [0.25, 0.3) is 6.08 Å². The first kappa shape index (κ1) is 7.60. The lowest BCUT2D eigenvalue weighted by molar-refractivity contribution is 1.31. The Kier molecular flexibility index (Phi) is 1.57. The zero-order chi connectivity index (χ0) is 8.72. The summed E-state index contributed by atoms with van der Waals surface area (Å²) in [6.45, 7) is 6.38. The molecule has 0 saturated heterocycles. The van der Waals surface area contributed by atoms with Gasteiger partial charge in [0, 0.05) is 6.42 Å². The molecule has 1 aliphatic carbocycles. The summed E-state index contributed by atoms with van der Waals surface area (Å²) in [5.41, 5.74) is 6.55. The van der Waals surface area contributed by atoms with Gasteiger partial charge in [-0.25, -0.2) is 0 Å². The molecule has 0 heterocycles. The van der Waals surface area contributed by atoms with E-state index in [2.05, 4.69) is 45.4 Å². The summed E-state index contributed by atoms with van der Waals surface area (Å²) in [5.74, 6) is 0. The number of hydrogen-bond acceptors (Lipinski definition) is 0. The lowest BCUT2D eigenvalue weighted by atomic mass is 9.99. The number of allylic oxidation sites excluding steroid dienone is 1. The zero-order valence-corrected chi connectivity index (χ0v) is 7.73. The first-order valence-electron chi connectivity index (χ1n) is 4.24. The third-order valence-electron chi connectivity index (χ3n) is 2.35. The molecular weight excluding hydrogens is 144 g/mol. The molecule has 2 radical (unpaired) electrons. The molecule has 1 aliphatic rings. The molecule has 0 aliphatic heterocycles. The van der Waals surface area contributed by atoms with Gasteiger partial charge in [-0.05, 0) is 43.0 Å². The lowest BCUT2D eigenvalue weighted by Gasteiger charge is -2.05. The van der Waals surface area contributed by atoms with Gasteiger partial charge in [-0.1, -0.05) is 23.8 Å². The van der Waals surface area contributed by atoms with Crippen LogP contribution in [0, 0.1) is 20.3 Å². The van der Waals surface area contributed by atoms with Crippen LogP contribution in [0.3, 0.4) is 0 Å². The Hall–Kier alpha value is -1.04. The van der Waals surface area contributed by atoms with Crippen LogP contribution in [0.5, 0.6) is 0 Å². The molecule has 0 N–H and O–H groups in total. The Balaban J connectivity index is 2.66. The predicted molar refractivity (Wildman–Crippen MR) is 51.9 cm³/mol. The summed E-state index contributed by atoms with van der Waals surface area (Å²) in [4.78, 5) is 0. The van der Waals surface area contributed by atoms with E-state index < -0.39 is 0 Å². The summed E-state index contributed by atoms with van der Waals surface area (Å²) in [6, 6.07) is 4.33. The molecule has 0 heteroatoms. The van der Waals surface area contributed by atoms with Crippen LogP contribution in [-0.4, -0.2) is 0 Å². The van der Waals surface area contributed by atoms with Gasteiger partial charge >= 0.3 is 0 Å². The number of hydrogen-bond donors (Lipinski definition) is 0. The van der Waals surface area contributed by atoms with Gasteiger partial charge in [0.05, 0.1) is 0 Å². The maximum atomic E-state index is 3.37. The van der Waals surface area contributed by atoms with E-state index in [0.717, 1.165) is 0 Å². The highest BCUT2D eigenvalue weighted by Crippen LogP contribution is 2.31. The molecule has 0 spiro atoms. The monoisotopic (exact) mass is 156 g/mol. The van der Waals surface area contributed by atoms with Crippen molar-refractivity contribution in [2.75, 3.05) is 0 Å². The van der Waals surface area contributed by atoms with Crippen molar-refractivity contribution >= 4 is 6.08 Å². The van der Waals surface area contributed by atoms with Crippen LogP contribution in [0.4, 0.5) is 0 Å². The predicted octanol–water partition coefficient (Wildman–Crippen LogP) is 3.15. The minimum Gasteiger partial charge on any atom is -0.0596 e. The van der Waals surface area contributed by atoms with Crippen LogP contribution < -0.4 is 0 Å². The Morgan fingerprint density at radius 2 is 1.67 bits per heavy atom. The van der Waals surface area contributed by atoms with E-state index >= 15 is 0 Å². The fourth-order valence-electron chi connectivity index (χ4n) is 1.63. The van der Waals surface area contributed by atoms with Crippen molar-refractivity contribution in [3.63, 3.8) is 0 Å². The molecule has 0 unspecified atom stereocenters. The van der Waals surface area contributed by atoms with Gasteiger partial charge in [-0.15, -0.1) is 0 Å². The first-order chi connectivity index (χ1) is 5.68. The second kappa shape index (κ2) is 2.48. The average molecular weight is 156 g/mol. The summed E-state index contributed by atoms with van der Waals surface area (Å²) in [7, 11) is 0. The molecule has 0 bridgehead atoms. The van der Waals surface area contributed by atoms with Crippen LogP contribution in [0.2, 0.25) is 0 Å². The van der Waals surface area contributed by atoms with Gasteiger partial charge in [-0.3, -0.25) is 0 Å². The minimum absolute atomic E-state index is 1.24. The molecule has 0 saturated carbocycles. The van der Waals surface area contributed by atoms with Gasteiger partial charge in [0.15, 0.2) is 0 Å². The number of benzene rings is 1. The van der Waals surface area contributed by atoms with Gasteiger partial charge in [0.1, 0.15) is 0 Å². The van der Waals surface area contributed by atoms with Gasteiger partial charge in [-0.2, -0.15) is 0 Å². The molecule has 60 valence electrons. The van der Waals surface area contributed by atoms with Crippen LogP contribution in [0.15, 0.2) is 17.7 Å². The van der Waals surface area contributed by atoms with Crippen molar-refractivity contribution in [1.82, 2.24) is 0 Å². The van der Waals surface area contributed by atoms with Gasteiger partial charge < -0.3 is 0 Å². The quantitative estimate of drug-likeness (QED) is 0.541. The molecule has 0 atom stereocenters. The maximum Gasteiger partial charge on any atom is 0.0464 e. The van der Waals surface area contributed by atoms with E-state index in [1.165, 1.54) is 27.8 Å². The molecule has 1 aromatic rings. The normalized spacial score (nSPS) is 14.4. The van der Waals surface area contributed by atoms with Crippen LogP contribution in [-0.2, 0) is 0 Å². The average Bonchev–Trinajstić information content (AvgIpc) is 2.41. The summed E-state index contributed by atoms with van der Waals surface area (Å²) in [6.07, 6.45) is 5.57. The molecule has 0 fully saturated rings. The van der Waals surface area contributed by atoms with E-state index in [1.807, 2.05) is 0 Å². The van der Waals surface area contributed by atoms with Crippen molar-refractivity contribution in [3.05, 3.63) is 46.4 Å². The van der Waals surface area contributed by atoms with Crippen molar-refractivity contribution in [2.45, 2.75) is 20.8 Å². The first-order valence-corrected chi connectivity index (χ1v) is 4.24. The van der Waals surface area contributed by atoms with Gasteiger partial charge in [0.25, 0.3) is 0 Å². The maximum absolute atomic E-state index is 3.37. The van der Waals surface area contributed by atoms with E-state index in [4.69, 9.17) is 0 Å². The smallest absolute Gasteiger partial charge is 0.0464 e. The highest BCUT2D eigenvalue weighted by atomic mass is 14.2. The second-order valence-corrected chi connectivity index (χ2v) is 3.44. The van der Waals surface area contributed by atoms with Crippen molar-refractivity contribution in [3.8, 4) is 0 Å². The fraction of sp³-hybridized carbons (Fsp3) is 0.250. The van der Waals surface area contributed by atoms with Crippen LogP contribution in [0.1, 0.15) is 29.2 Å². The highest BCUT2D eigenvalue weighted by Gasteiger charge is 2.14. The summed E-state index contributed by atoms with van der Waals surface area (Å²) < 4.78 is 0. The van der Waals surface area contributed by atoms with E-state index in [0.29, 0.717) is 0 Å². The minimum atomic E-state index is 1.24. The van der Waals surface area contributed by atoms with E-state index in [-0.39, 0.29) is 0 Å². The molecule has 2 rings (SSSR count). The Morgan fingerprint density at radius 3 is 2.33 bits per heavy atom. The summed E-state index contributed by atoms with van der Waals surface area (Å²) >= 11 is 0. The SMILES string of the molecule is CC1=Cc2c(C)ccc(C)c2[C]1. The molecule has 0 nitrogen and oxygen atoms in total. The highest BCUT2D eigenvalue weighted by molar-refractivity contribution is 5.72. The fourth-order valence-corrected chi connectivity index (χ4v) is 1.63. The topological polar surface area (TPSA) is 0 Å².